The summed E-state index contributed by atoms with van der Waals surface area (Å²) in [5.41, 5.74) is 1.32. The highest BCUT2D eigenvalue weighted by atomic mass is 32.1. The van der Waals surface area contributed by atoms with E-state index in [-0.39, 0.29) is 5.91 Å². The van der Waals surface area contributed by atoms with E-state index in [1.54, 1.807) is 18.4 Å². The van der Waals surface area contributed by atoms with Crippen LogP contribution in [0.3, 0.4) is 0 Å². The third-order valence-electron chi connectivity index (χ3n) is 5.55. The van der Waals surface area contributed by atoms with Crippen LogP contribution in [0.2, 0.25) is 0 Å². The Kier molecular flexibility index (Phi) is 7.51. The van der Waals surface area contributed by atoms with E-state index >= 15 is 0 Å². The smallest absolute Gasteiger partial charge is 0.263 e. The Hall–Kier alpha value is -1.85. The van der Waals surface area contributed by atoms with Crippen LogP contribution in [0, 0.1) is 12.8 Å². The number of carbonyl (C=O) groups excluding carboxylic acids is 1. The second-order valence-electron chi connectivity index (χ2n) is 7.66. The van der Waals surface area contributed by atoms with E-state index in [4.69, 9.17) is 4.74 Å². The summed E-state index contributed by atoms with van der Waals surface area (Å²) in [6.45, 7) is 9.08. The van der Waals surface area contributed by atoms with E-state index in [9.17, 15) is 4.79 Å². The van der Waals surface area contributed by atoms with Crippen molar-refractivity contribution in [1.82, 2.24) is 9.80 Å². The van der Waals surface area contributed by atoms with Crippen LogP contribution in [-0.4, -0.2) is 55.5 Å². The molecule has 1 amide bonds. The topological polar surface area (TPSA) is 32.8 Å². The van der Waals surface area contributed by atoms with Gasteiger partial charge < -0.3 is 14.5 Å². The maximum absolute atomic E-state index is 12.8. The Morgan fingerprint density at radius 3 is 2.89 bits per heavy atom. The molecule has 0 radical (unpaired) electrons. The van der Waals surface area contributed by atoms with Gasteiger partial charge in [-0.2, -0.15) is 0 Å². The molecule has 152 valence electrons. The van der Waals surface area contributed by atoms with E-state index in [1.807, 2.05) is 23.1 Å². The van der Waals surface area contributed by atoms with Gasteiger partial charge in [-0.1, -0.05) is 12.1 Å². The van der Waals surface area contributed by atoms with Crippen molar-refractivity contribution in [2.45, 2.75) is 33.1 Å². The molecule has 1 aromatic carbocycles. The van der Waals surface area contributed by atoms with Crippen molar-refractivity contribution in [3.63, 3.8) is 0 Å². The van der Waals surface area contributed by atoms with E-state index in [1.165, 1.54) is 23.3 Å². The van der Waals surface area contributed by atoms with Crippen molar-refractivity contribution in [3.05, 3.63) is 51.7 Å². The first-order valence-electron chi connectivity index (χ1n) is 10.3. The van der Waals surface area contributed by atoms with Gasteiger partial charge in [0.25, 0.3) is 5.91 Å². The number of hydrogen-bond donors (Lipinski definition) is 0. The number of likely N-dealkylation sites (tertiary alicyclic amines) is 1. The van der Waals surface area contributed by atoms with E-state index in [0.717, 1.165) is 49.8 Å². The maximum Gasteiger partial charge on any atom is 0.263 e. The zero-order valence-electron chi connectivity index (χ0n) is 17.3. The minimum absolute atomic E-state index is 0.189. The molecule has 1 atom stereocenters. The molecule has 1 aromatic heterocycles. The molecule has 3 rings (SSSR count). The molecule has 0 aliphatic carbocycles. The lowest BCUT2D eigenvalue weighted by atomic mass is 9.96. The molecule has 1 saturated heterocycles. The van der Waals surface area contributed by atoms with E-state index < -0.39 is 0 Å². The van der Waals surface area contributed by atoms with Crippen LogP contribution in [0.25, 0.3) is 0 Å². The second kappa shape index (κ2) is 10.1. The lowest BCUT2D eigenvalue weighted by Crippen LogP contribution is -2.43. The van der Waals surface area contributed by atoms with Gasteiger partial charge in [-0.05, 0) is 75.4 Å². The van der Waals surface area contributed by atoms with Gasteiger partial charge in [0, 0.05) is 31.1 Å². The molecule has 1 aliphatic heterocycles. The molecule has 0 bridgehead atoms. The quantitative estimate of drug-likeness (QED) is 0.655. The van der Waals surface area contributed by atoms with Crippen molar-refractivity contribution in [2.75, 3.05) is 39.8 Å². The Bertz CT molecular complexity index is 773. The van der Waals surface area contributed by atoms with Crippen molar-refractivity contribution >= 4 is 17.2 Å². The van der Waals surface area contributed by atoms with E-state index in [2.05, 4.69) is 36.9 Å². The van der Waals surface area contributed by atoms with Crippen molar-refractivity contribution < 1.29 is 9.53 Å². The molecule has 5 heteroatoms. The van der Waals surface area contributed by atoms with Crippen molar-refractivity contribution in [1.29, 1.82) is 0 Å². The summed E-state index contributed by atoms with van der Waals surface area (Å²) in [6, 6.07) is 12.3. The molecular weight excluding hydrogens is 368 g/mol. The first-order valence-corrected chi connectivity index (χ1v) is 11.1. The number of ether oxygens (including phenoxy) is 1. The number of amides is 1. The number of carbonyl (C=O) groups is 1. The molecule has 0 unspecified atom stereocenters. The predicted octanol–water partition coefficient (Wildman–Crippen LogP) is 4.48. The molecule has 2 heterocycles. The minimum atomic E-state index is 0.189. The number of benzene rings is 1. The van der Waals surface area contributed by atoms with Crippen LogP contribution >= 0.6 is 11.3 Å². The summed E-state index contributed by atoms with van der Waals surface area (Å²) in [4.78, 5) is 19.5. The molecule has 4 nitrogen and oxygen atoms in total. The molecule has 0 N–H and O–H groups in total. The van der Waals surface area contributed by atoms with Crippen LogP contribution in [0.1, 0.15) is 39.9 Å². The molecule has 1 aliphatic rings. The normalized spacial score (nSPS) is 17.5. The van der Waals surface area contributed by atoms with Crippen LogP contribution in [-0.2, 0) is 6.42 Å². The lowest BCUT2D eigenvalue weighted by molar-refractivity contribution is 0.0695. The number of nitrogens with zero attached hydrogens (tertiary/aromatic N) is 2. The summed E-state index contributed by atoms with van der Waals surface area (Å²) >= 11 is 1.60. The Morgan fingerprint density at radius 1 is 1.32 bits per heavy atom. The summed E-state index contributed by atoms with van der Waals surface area (Å²) in [6.07, 6.45) is 3.46. The fourth-order valence-electron chi connectivity index (χ4n) is 3.99. The highest BCUT2D eigenvalue weighted by molar-refractivity contribution is 7.13. The van der Waals surface area contributed by atoms with Gasteiger partial charge >= 0.3 is 0 Å². The second-order valence-corrected chi connectivity index (χ2v) is 8.95. The van der Waals surface area contributed by atoms with Crippen LogP contribution in [0.5, 0.6) is 5.75 Å². The maximum atomic E-state index is 12.8. The first kappa shape index (κ1) is 20.9. The van der Waals surface area contributed by atoms with Crippen LogP contribution < -0.4 is 4.74 Å². The average Bonchev–Trinajstić information content (AvgIpc) is 3.17. The molecule has 0 saturated carbocycles. The van der Waals surface area contributed by atoms with Gasteiger partial charge in [-0.15, -0.1) is 11.3 Å². The molecule has 2 aromatic rings. The molecule has 1 fully saturated rings. The van der Waals surface area contributed by atoms with Gasteiger partial charge in [-0.25, -0.2) is 0 Å². The van der Waals surface area contributed by atoms with Gasteiger partial charge in [0.2, 0.25) is 0 Å². The average molecular weight is 401 g/mol. The SMILES string of the molecule is CCN(C[C@H]1CCCN(CCc2cccc(OC)c2)C1)C(=O)c1ccc(C)s1. The first-order chi connectivity index (χ1) is 13.6. The summed E-state index contributed by atoms with van der Waals surface area (Å²) in [5, 5.41) is 0. The lowest BCUT2D eigenvalue weighted by Gasteiger charge is -2.35. The molecular formula is C23H32N2O2S. The Labute approximate surface area is 173 Å². The number of aryl methyl sites for hydroxylation is 1. The summed E-state index contributed by atoms with van der Waals surface area (Å²) in [5.74, 6) is 1.67. The third-order valence-corrected chi connectivity index (χ3v) is 6.54. The summed E-state index contributed by atoms with van der Waals surface area (Å²) in [7, 11) is 1.71. The molecule has 28 heavy (non-hydrogen) atoms. The number of piperidine rings is 1. The van der Waals surface area contributed by atoms with Gasteiger partial charge in [0.1, 0.15) is 5.75 Å². The zero-order chi connectivity index (χ0) is 19.9. The monoisotopic (exact) mass is 400 g/mol. The van der Waals surface area contributed by atoms with Gasteiger partial charge in [0.05, 0.1) is 12.0 Å². The largest absolute Gasteiger partial charge is 0.497 e. The van der Waals surface area contributed by atoms with Crippen molar-refractivity contribution in [2.24, 2.45) is 5.92 Å². The number of hydrogen-bond acceptors (Lipinski definition) is 4. The standard InChI is InChI=1S/C23H32N2O2S/c1-4-25(23(26)22-11-10-18(2)28-22)17-20-8-6-13-24(16-20)14-12-19-7-5-9-21(15-19)27-3/h5,7,9-11,15,20H,4,6,8,12-14,16-17H2,1-3H3/t20-/m0/s1. The Morgan fingerprint density at radius 2 is 2.18 bits per heavy atom. The van der Waals surface area contributed by atoms with Crippen LogP contribution in [0.15, 0.2) is 36.4 Å². The van der Waals surface area contributed by atoms with Crippen molar-refractivity contribution in [3.8, 4) is 5.75 Å². The number of methoxy groups -OCH3 is 1. The summed E-state index contributed by atoms with van der Waals surface area (Å²) < 4.78 is 5.33. The number of rotatable bonds is 8. The highest BCUT2D eigenvalue weighted by Crippen LogP contribution is 2.22. The molecule has 0 spiro atoms. The third kappa shape index (κ3) is 5.58. The fourth-order valence-corrected chi connectivity index (χ4v) is 4.83. The van der Waals surface area contributed by atoms with Gasteiger partial charge in [-0.3, -0.25) is 4.79 Å². The van der Waals surface area contributed by atoms with Crippen LogP contribution in [0.4, 0.5) is 0 Å². The van der Waals surface area contributed by atoms with E-state index in [0.29, 0.717) is 5.92 Å². The fraction of sp³-hybridized carbons (Fsp3) is 0.522. The number of thiophene rings is 1. The Balaban J connectivity index is 1.52. The minimum Gasteiger partial charge on any atom is -0.497 e. The highest BCUT2D eigenvalue weighted by Gasteiger charge is 2.24. The predicted molar refractivity (Wildman–Crippen MR) is 116 cm³/mol. The van der Waals surface area contributed by atoms with Gasteiger partial charge in [0.15, 0.2) is 0 Å². The zero-order valence-corrected chi connectivity index (χ0v) is 18.1.